The first-order chi connectivity index (χ1) is 9.13. The minimum atomic E-state index is -3.22. The number of sulfone groups is 1. The quantitative estimate of drug-likeness (QED) is 0.850. The van der Waals surface area contributed by atoms with Crippen molar-refractivity contribution in [3.63, 3.8) is 0 Å². The van der Waals surface area contributed by atoms with Crippen LogP contribution in [-0.2, 0) is 16.4 Å². The fraction of sp³-hybridized carbons (Fsp3) is 0.308. The molecule has 1 heterocycles. The van der Waals surface area contributed by atoms with Crippen molar-refractivity contribution >= 4 is 15.5 Å². The molecule has 0 bridgehead atoms. The molecule has 0 aliphatic heterocycles. The Hall–Kier alpha value is -1.82. The molecular weight excluding hydrogens is 262 g/mol. The molecular formula is C13H17N3O2S. The number of nitrogens with one attached hydrogen (secondary N) is 2. The van der Waals surface area contributed by atoms with Crippen LogP contribution in [0.3, 0.4) is 0 Å². The van der Waals surface area contributed by atoms with E-state index in [1.165, 1.54) is 0 Å². The van der Waals surface area contributed by atoms with Crippen LogP contribution >= 0.6 is 0 Å². The number of hydrogen-bond donors (Lipinski definition) is 2. The fourth-order valence-corrected chi connectivity index (χ4v) is 3.35. The Morgan fingerprint density at radius 1 is 1.32 bits per heavy atom. The van der Waals surface area contributed by atoms with Gasteiger partial charge in [-0.05, 0) is 18.6 Å². The summed E-state index contributed by atoms with van der Waals surface area (Å²) in [7, 11) is -3.22. The summed E-state index contributed by atoms with van der Waals surface area (Å²) in [6.07, 6.45) is 3.91. The van der Waals surface area contributed by atoms with Gasteiger partial charge in [-0.3, -0.25) is 0 Å². The molecule has 5 nitrogen and oxygen atoms in total. The molecule has 19 heavy (non-hydrogen) atoms. The summed E-state index contributed by atoms with van der Waals surface area (Å²) in [6.45, 7) is 2.37. The van der Waals surface area contributed by atoms with Crippen molar-refractivity contribution in [2.45, 2.75) is 24.8 Å². The van der Waals surface area contributed by atoms with Crippen LogP contribution in [0.2, 0.25) is 0 Å². The molecule has 0 unspecified atom stereocenters. The highest BCUT2D eigenvalue weighted by Crippen LogP contribution is 2.22. The second-order valence-electron chi connectivity index (χ2n) is 4.25. The number of anilines is 1. The zero-order chi connectivity index (χ0) is 13.7. The van der Waals surface area contributed by atoms with Crippen molar-refractivity contribution in [1.82, 2.24) is 9.97 Å². The largest absolute Gasteiger partial charge is 0.378 e. The van der Waals surface area contributed by atoms with Crippen LogP contribution in [0.25, 0.3) is 0 Å². The summed E-state index contributed by atoms with van der Waals surface area (Å²) < 4.78 is 24.3. The summed E-state index contributed by atoms with van der Waals surface area (Å²) in [4.78, 5) is 7.25. The predicted molar refractivity (Wildman–Crippen MR) is 74.7 cm³/mol. The molecule has 0 spiro atoms. The number of nitrogens with zero attached hydrogens (tertiary/aromatic N) is 1. The second-order valence-corrected chi connectivity index (χ2v) is 6.32. The van der Waals surface area contributed by atoms with E-state index in [1.54, 1.807) is 30.7 Å². The molecule has 0 amide bonds. The van der Waals surface area contributed by atoms with Gasteiger partial charge in [-0.15, -0.1) is 0 Å². The first-order valence-corrected chi connectivity index (χ1v) is 7.81. The number of imidazole rings is 1. The SMILES string of the molecule is CCCS(=O)(=O)c1ccccc1NCc1cnc[nH]1. The highest BCUT2D eigenvalue weighted by atomic mass is 32.2. The molecule has 0 aliphatic rings. The van der Waals surface area contributed by atoms with Crippen molar-refractivity contribution in [2.75, 3.05) is 11.1 Å². The van der Waals surface area contributed by atoms with Crippen molar-refractivity contribution in [3.05, 3.63) is 42.5 Å². The van der Waals surface area contributed by atoms with Crippen LogP contribution in [0.4, 0.5) is 5.69 Å². The lowest BCUT2D eigenvalue weighted by Crippen LogP contribution is -2.10. The maximum Gasteiger partial charge on any atom is 0.180 e. The molecule has 0 radical (unpaired) electrons. The predicted octanol–water partition coefficient (Wildman–Crippen LogP) is 2.21. The number of hydrogen-bond acceptors (Lipinski definition) is 4. The van der Waals surface area contributed by atoms with Gasteiger partial charge in [-0.25, -0.2) is 13.4 Å². The number of benzene rings is 1. The zero-order valence-corrected chi connectivity index (χ0v) is 11.6. The molecule has 0 saturated carbocycles. The highest BCUT2D eigenvalue weighted by molar-refractivity contribution is 7.91. The maximum absolute atomic E-state index is 12.2. The van der Waals surface area contributed by atoms with Crippen molar-refractivity contribution < 1.29 is 8.42 Å². The third-order valence-corrected chi connectivity index (χ3v) is 4.69. The lowest BCUT2D eigenvalue weighted by molar-refractivity contribution is 0.595. The van der Waals surface area contributed by atoms with Gasteiger partial charge in [0.15, 0.2) is 9.84 Å². The van der Waals surface area contributed by atoms with Crippen LogP contribution < -0.4 is 5.32 Å². The van der Waals surface area contributed by atoms with Crippen LogP contribution in [0, 0.1) is 0 Å². The minimum absolute atomic E-state index is 0.162. The molecule has 0 fully saturated rings. The van der Waals surface area contributed by atoms with E-state index in [9.17, 15) is 8.42 Å². The van der Waals surface area contributed by atoms with E-state index < -0.39 is 9.84 Å². The number of aromatic nitrogens is 2. The van der Waals surface area contributed by atoms with E-state index >= 15 is 0 Å². The van der Waals surface area contributed by atoms with Gasteiger partial charge in [0.2, 0.25) is 0 Å². The monoisotopic (exact) mass is 279 g/mol. The molecule has 0 atom stereocenters. The van der Waals surface area contributed by atoms with Gasteiger partial charge in [-0.2, -0.15) is 0 Å². The van der Waals surface area contributed by atoms with E-state index in [4.69, 9.17) is 0 Å². The Bertz CT molecular complexity index is 621. The summed E-state index contributed by atoms with van der Waals surface area (Å²) >= 11 is 0. The lowest BCUT2D eigenvalue weighted by Gasteiger charge is -2.11. The molecule has 1 aromatic heterocycles. The Morgan fingerprint density at radius 3 is 2.79 bits per heavy atom. The third-order valence-electron chi connectivity index (χ3n) is 2.72. The minimum Gasteiger partial charge on any atom is -0.378 e. The second kappa shape index (κ2) is 5.88. The molecule has 0 saturated heterocycles. The standard InChI is InChI=1S/C13H17N3O2S/c1-2-7-19(17,18)13-6-4-3-5-12(13)15-9-11-8-14-10-16-11/h3-6,8,10,15H,2,7,9H2,1H3,(H,14,16). The van der Waals surface area contributed by atoms with Crippen LogP contribution in [0.1, 0.15) is 19.0 Å². The first kappa shape index (κ1) is 13.6. The zero-order valence-electron chi connectivity index (χ0n) is 10.8. The lowest BCUT2D eigenvalue weighted by atomic mass is 10.3. The maximum atomic E-state index is 12.2. The number of para-hydroxylation sites is 1. The van der Waals surface area contributed by atoms with E-state index in [0.29, 0.717) is 23.5 Å². The van der Waals surface area contributed by atoms with Gasteiger partial charge in [-0.1, -0.05) is 19.1 Å². The van der Waals surface area contributed by atoms with Crippen LogP contribution in [0.5, 0.6) is 0 Å². The summed E-state index contributed by atoms with van der Waals surface area (Å²) in [6, 6.07) is 6.98. The van der Waals surface area contributed by atoms with E-state index in [0.717, 1.165) is 5.69 Å². The normalized spacial score (nSPS) is 11.4. The van der Waals surface area contributed by atoms with Gasteiger partial charge in [0.05, 0.1) is 34.9 Å². The summed E-state index contributed by atoms with van der Waals surface area (Å²) in [5.74, 6) is 0.162. The van der Waals surface area contributed by atoms with Gasteiger partial charge in [0.25, 0.3) is 0 Å². The number of aromatic amines is 1. The van der Waals surface area contributed by atoms with E-state index in [1.807, 2.05) is 13.0 Å². The van der Waals surface area contributed by atoms with Crippen molar-refractivity contribution in [1.29, 1.82) is 0 Å². The summed E-state index contributed by atoms with van der Waals surface area (Å²) in [5.41, 5.74) is 1.54. The molecule has 1 aromatic carbocycles. The first-order valence-electron chi connectivity index (χ1n) is 6.16. The van der Waals surface area contributed by atoms with Crippen LogP contribution in [-0.4, -0.2) is 24.1 Å². The smallest absolute Gasteiger partial charge is 0.180 e. The Kier molecular flexibility index (Phi) is 4.21. The van der Waals surface area contributed by atoms with Gasteiger partial charge in [0, 0.05) is 6.20 Å². The Labute approximate surface area is 113 Å². The molecule has 102 valence electrons. The molecule has 6 heteroatoms. The molecule has 0 aliphatic carbocycles. The van der Waals surface area contributed by atoms with E-state index in [-0.39, 0.29) is 5.75 Å². The average Bonchev–Trinajstić information content (AvgIpc) is 2.90. The molecule has 2 aromatic rings. The molecule has 2 N–H and O–H groups in total. The van der Waals surface area contributed by atoms with Gasteiger partial charge < -0.3 is 10.3 Å². The summed E-state index contributed by atoms with van der Waals surface area (Å²) in [5, 5.41) is 3.13. The number of H-pyrrole nitrogens is 1. The third kappa shape index (κ3) is 3.35. The van der Waals surface area contributed by atoms with Gasteiger partial charge in [0.1, 0.15) is 0 Å². The Balaban J connectivity index is 2.21. The van der Waals surface area contributed by atoms with Gasteiger partial charge >= 0.3 is 0 Å². The van der Waals surface area contributed by atoms with Crippen molar-refractivity contribution in [2.24, 2.45) is 0 Å². The fourth-order valence-electron chi connectivity index (χ4n) is 1.83. The van der Waals surface area contributed by atoms with E-state index in [2.05, 4.69) is 15.3 Å². The average molecular weight is 279 g/mol. The molecule has 2 rings (SSSR count). The van der Waals surface area contributed by atoms with Crippen molar-refractivity contribution in [3.8, 4) is 0 Å². The van der Waals surface area contributed by atoms with Crippen LogP contribution in [0.15, 0.2) is 41.7 Å². The number of rotatable bonds is 6. The highest BCUT2D eigenvalue weighted by Gasteiger charge is 2.17. The Morgan fingerprint density at radius 2 is 2.11 bits per heavy atom. The topological polar surface area (TPSA) is 74.8 Å².